The van der Waals surface area contributed by atoms with Gasteiger partial charge in [0.2, 0.25) is 0 Å². The van der Waals surface area contributed by atoms with Crippen LogP contribution in [0.25, 0.3) is 0 Å². The van der Waals surface area contributed by atoms with E-state index >= 15 is 0 Å². The molecular weight excluding hydrogens is 318 g/mol. The first-order chi connectivity index (χ1) is 11.5. The number of benzene rings is 1. The summed E-state index contributed by atoms with van der Waals surface area (Å²) in [6.45, 7) is 7.83. The molecule has 2 aliphatic heterocycles. The Balaban J connectivity index is 1.80. The summed E-state index contributed by atoms with van der Waals surface area (Å²) in [5.74, 6) is -1.05. The maximum Gasteiger partial charge on any atom is 0.262 e. The summed E-state index contributed by atoms with van der Waals surface area (Å²) in [4.78, 5) is 38.7. The van der Waals surface area contributed by atoms with Crippen molar-refractivity contribution in [2.45, 2.75) is 51.4 Å². The maximum absolute atomic E-state index is 12.8. The molecule has 1 unspecified atom stereocenters. The van der Waals surface area contributed by atoms with Gasteiger partial charge >= 0.3 is 0 Å². The molecular formula is C19H23N3O3. The van der Waals surface area contributed by atoms with Crippen LogP contribution in [0.2, 0.25) is 0 Å². The van der Waals surface area contributed by atoms with Crippen molar-refractivity contribution in [3.63, 3.8) is 0 Å². The zero-order chi connectivity index (χ0) is 18.6. The Labute approximate surface area is 147 Å². The van der Waals surface area contributed by atoms with Crippen LogP contribution in [-0.2, 0) is 4.79 Å². The molecule has 0 saturated carbocycles. The Morgan fingerprint density at radius 3 is 2.08 bits per heavy atom. The van der Waals surface area contributed by atoms with Crippen molar-refractivity contribution in [1.82, 2.24) is 10.2 Å². The van der Waals surface area contributed by atoms with Crippen molar-refractivity contribution in [3.8, 4) is 0 Å². The fraction of sp³-hybridized carbons (Fsp3) is 0.421. The quantitative estimate of drug-likeness (QED) is 0.812. The number of nitrogens with zero attached hydrogens (tertiary/aromatic N) is 1. The number of hydrogen-bond acceptors (Lipinski definition) is 5. The Morgan fingerprint density at radius 2 is 1.64 bits per heavy atom. The molecule has 0 radical (unpaired) electrons. The summed E-state index contributed by atoms with van der Waals surface area (Å²) in [6.07, 6.45) is 0.809. The fourth-order valence-electron chi connectivity index (χ4n) is 3.78. The van der Waals surface area contributed by atoms with Crippen molar-refractivity contribution in [1.29, 1.82) is 0 Å². The number of nitrogens with one attached hydrogen (secondary N) is 1. The lowest BCUT2D eigenvalue weighted by Gasteiger charge is -2.28. The molecule has 6 heteroatoms. The van der Waals surface area contributed by atoms with Gasteiger partial charge in [-0.2, -0.15) is 0 Å². The molecule has 0 fully saturated rings. The number of rotatable bonds is 4. The summed E-state index contributed by atoms with van der Waals surface area (Å²) in [7, 11) is 0. The van der Waals surface area contributed by atoms with Gasteiger partial charge in [-0.1, -0.05) is 18.2 Å². The lowest BCUT2D eigenvalue weighted by molar-refractivity contribution is -0.116. The van der Waals surface area contributed by atoms with E-state index in [0.717, 1.165) is 4.90 Å². The van der Waals surface area contributed by atoms with E-state index in [4.69, 9.17) is 5.73 Å². The van der Waals surface area contributed by atoms with Crippen molar-refractivity contribution < 1.29 is 14.4 Å². The van der Waals surface area contributed by atoms with Gasteiger partial charge in [-0.3, -0.25) is 24.6 Å². The zero-order valence-electron chi connectivity index (χ0n) is 14.9. The predicted molar refractivity (Wildman–Crippen MR) is 93.9 cm³/mol. The number of nitrogens with two attached hydrogens (primary N) is 1. The monoisotopic (exact) mass is 341 g/mol. The molecule has 2 amide bonds. The minimum absolute atomic E-state index is 0.0987. The molecule has 0 aliphatic carbocycles. The Kier molecular flexibility index (Phi) is 3.93. The number of imide groups is 1. The standard InChI is InChI=1S/C19H23N3O3/c1-18(2)10-13(19(3,4)21-18)14(23)9-15(20)22-16(24)11-7-5-6-8-12(11)17(22)25/h5-8,10,15,21H,9,20H2,1-4H3. The third kappa shape index (κ3) is 2.92. The van der Waals surface area contributed by atoms with Crippen molar-refractivity contribution >= 4 is 17.6 Å². The van der Waals surface area contributed by atoms with Gasteiger partial charge in [0.05, 0.1) is 17.3 Å². The maximum atomic E-state index is 12.8. The summed E-state index contributed by atoms with van der Waals surface area (Å²) < 4.78 is 0. The first-order valence-electron chi connectivity index (χ1n) is 8.32. The van der Waals surface area contributed by atoms with Crippen LogP contribution in [0.15, 0.2) is 35.9 Å². The average Bonchev–Trinajstić information content (AvgIpc) is 2.89. The van der Waals surface area contributed by atoms with Crippen molar-refractivity contribution in [2.24, 2.45) is 5.73 Å². The Bertz CT molecular complexity index is 773. The van der Waals surface area contributed by atoms with Gasteiger partial charge in [0.25, 0.3) is 11.8 Å². The van der Waals surface area contributed by atoms with Crippen LogP contribution in [0.1, 0.15) is 54.8 Å². The molecule has 2 heterocycles. The molecule has 0 bridgehead atoms. The highest BCUT2D eigenvalue weighted by Crippen LogP contribution is 2.32. The number of amides is 2. The highest BCUT2D eigenvalue weighted by atomic mass is 16.2. The van der Waals surface area contributed by atoms with Gasteiger partial charge < -0.3 is 5.73 Å². The van der Waals surface area contributed by atoms with Crippen LogP contribution in [-0.4, -0.2) is 39.7 Å². The first kappa shape index (κ1) is 17.5. The lowest BCUT2D eigenvalue weighted by Crippen LogP contribution is -2.49. The topological polar surface area (TPSA) is 92.5 Å². The molecule has 2 aliphatic rings. The fourth-order valence-corrected chi connectivity index (χ4v) is 3.78. The highest BCUT2D eigenvalue weighted by molar-refractivity contribution is 6.21. The molecule has 3 rings (SSSR count). The van der Waals surface area contributed by atoms with E-state index in [1.165, 1.54) is 0 Å². The van der Waals surface area contributed by atoms with Crippen LogP contribution in [0.3, 0.4) is 0 Å². The number of Topliss-reactive ketones (excluding diaryl/α,β-unsaturated/α-hetero) is 1. The van der Waals surface area contributed by atoms with Gasteiger partial charge in [0.1, 0.15) is 0 Å². The molecule has 3 N–H and O–H groups in total. The molecule has 25 heavy (non-hydrogen) atoms. The Hall–Kier alpha value is -2.31. The number of ketones is 1. The molecule has 0 spiro atoms. The smallest absolute Gasteiger partial charge is 0.262 e. The second-order valence-corrected chi connectivity index (χ2v) is 7.75. The largest absolute Gasteiger partial charge is 0.310 e. The van der Waals surface area contributed by atoms with Crippen LogP contribution in [0, 0.1) is 0 Å². The SMILES string of the molecule is CC1(C)C=C(C(=O)CC(N)N2C(=O)c3ccccc3C2=O)C(C)(C)N1. The summed E-state index contributed by atoms with van der Waals surface area (Å²) in [6, 6.07) is 6.59. The molecule has 1 aromatic rings. The van der Waals surface area contributed by atoms with Gasteiger partial charge in [-0.15, -0.1) is 0 Å². The van der Waals surface area contributed by atoms with E-state index < -0.39 is 23.5 Å². The van der Waals surface area contributed by atoms with E-state index in [1.807, 2.05) is 33.8 Å². The molecule has 1 aromatic carbocycles. The highest BCUT2D eigenvalue weighted by Gasteiger charge is 2.43. The van der Waals surface area contributed by atoms with Crippen molar-refractivity contribution in [2.75, 3.05) is 0 Å². The van der Waals surface area contributed by atoms with Gasteiger partial charge in [0.15, 0.2) is 5.78 Å². The van der Waals surface area contributed by atoms with Crippen LogP contribution in [0.5, 0.6) is 0 Å². The number of hydrogen-bond donors (Lipinski definition) is 2. The predicted octanol–water partition coefficient (Wildman–Crippen LogP) is 1.61. The number of carbonyl (C=O) groups excluding carboxylic acids is 3. The summed E-state index contributed by atoms with van der Waals surface area (Å²) in [5, 5.41) is 3.37. The van der Waals surface area contributed by atoms with Crippen LogP contribution in [0.4, 0.5) is 0 Å². The average molecular weight is 341 g/mol. The van der Waals surface area contributed by atoms with E-state index in [1.54, 1.807) is 24.3 Å². The normalized spacial score (nSPS) is 22.0. The minimum Gasteiger partial charge on any atom is -0.310 e. The van der Waals surface area contributed by atoms with Gasteiger partial charge in [-0.05, 0) is 39.8 Å². The second kappa shape index (κ2) is 5.61. The molecule has 132 valence electrons. The molecule has 0 saturated heterocycles. The number of carbonyl (C=O) groups is 3. The first-order valence-corrected chi connectivity index (χ1v) is 8.32. The van der Waals surface area contributed by atoms with E-state index in [-0.39, 0.29) is 17.7 Å². The van der Waals surface area contributed by atoms with Gasteiger partial charge in [-0.25, -0.2) is 0 Å². The second-order valence-electron chi connectivity index (χ2n) is 7.75. The Morgan fingerprint density at radius 1 is 1.12 bits per heavy atom. The lowest BCUT2D eigenvalue weighted by atomic mass is 9.91. The molecule has 1 atom stereocenters. The van der Waals surface area contributed by atoms with Crippen LogP contribution >= 0.6 is 0 Å². The summed E-state index contributed by atoms with van der Waals surface area (Å²) in [5.41, 5.74) is 6.59. The van der Waals surface area contributed by atoms with E-state index in [2.05, 4.69) is 5.32 Å². The van der Waals surface area contributed by atoms with Crippen LogP contribution < -0.4 is 11.1 Å². The third-order valence-electron chi connectivity index (χ3n) is 4.67. The van der Waals surface area contributed by atoms with E-state index in [0.29, 0.717) is 16.7 Å². The van der Waals surface area contributed by atoms with Gasteiger partial charge in [0, 0.05) is 23.1 Å². The minimum atomic E-state index is -0.986. The molecule has 6 nitrogen and oxygen atoms in total. The van der Waals surface area contributed by atoms with Crippen molar-refractivity contribution in [3.05, 3.63) is 47.0 Å². The summed E-state index contributed by atoms with van der Waals surface area (Å²) >= 11 is 0. The zero-order valence-corrected chi connectivity index (χ0v) is 14.9. The number of fused-ring (bicyclic) bond motifs is 1. The molecule has 0 aromatic heterocycles. The van der Waals surface area contributed by atoms with E-state index in [9.17, 15) is 14.4 Å². The third-order valence-corrected chi connectivity index (χ3v) is 4.67.